The molecule has 0 aromatic heterocycles. The predicted molar refractivity (Wildman–Crippen MR) is 73.8 cm³/mol. The normalized spacial score (nSPS) is 13.8. The second kappa shape index (κ2) is 7.06. The number of benzene rings is 1. The molecule has 1 aromatic carbocycles. The Kier molecular flexibility index (Phi) is 5.72. The lowest BCUT2D eigenvalue weighted by atomic mass is 10.1. The second-order valence-electron chi connectivity index (χ2n) is 4.71. The van der Waals surface area contributed by atoms with Gasteiger partial charge >= 0.3 is 0 Å². The number of nitrogens with zero attached hydrogens (tertiary/aromatic N) is 2. The Morgan fingerprint density at radius 1 is 1.53 bits per heavy atom. The van der Waals surface area contributed by atoms with E-state index < -0.39 is 5.82 Å². The third-order valence-corrected chi connectivity index (χ3v) is 3.10. The summed E-state index contributed by atoms with van der Waals surface area (Å²) in [6.07, 6.45) is 0. The highest BCUT2D eigenvalue weighted by molar-refractivity contribution is 5.97. The summed E-state index contributed by atoms with van der Waals surface area (Å²) in [5.74, 6) is -0.677. The minimum absolute atomic E-state index is 0.113. The van der Waals surface area contributed by atoms with Gasteiger partial charge in [0, 0.05) is 24.7 Å². The van der Waals surface area contributed by atoms with Gasteiger partial charge in [-0.15, -0.1) is 0 Å². The highest BCUT2D eigenvalue weighted by atomic mass is 19.1. The molecular formula is C13H21FN4O. The van der Waals surface area contributed by atoms with Crippen molar-refractivity contribution in [1.29, 1.82) is 0 Å². The zero-order valence-corrected chi connectivity index (χ0v) is 11.5. The number of hydrogen-bond acceptors (Lipinski definition) is 4. The van der Waals surface area contributed by atoms with Gasteiger partial charge in [-0.2, -0.15) is 0 Å². The number of likely N-dealkylation sites (N-methyl/N-ethyl adjacent to an activating group) is 1. The van der Waals surface area contributed by atoms with Crippen molar-refractivity contribution in [3.63, 3.8) is 0 Å². The molecule has 0 fully saturated rings. The van der Waals surface area contributed by atoms with Crippen molar-refractivity contribution in [2.24, 2.45) is 10.9 Å². The quantitative estimate of drug-likeness (QED) is 0.311. The van der Waals surface area contributed by atoms with Gasteiger partial charge in [0.05, 0.1) is 5.56 Å². The van der Waals surface area contributed by atoms with Crippen LogP contribution in [0.25, 0.3) is 0 Å². The Balaban J connectivity index is 2.70. The molecule has 5 nitrogen and oxygen atoms in total. The van der Waals surface area contributed by atoms with E-state index in [0.717, 1.165) is 6.54 Å². The molecule has 0 aliphatic carbocycles. The first-order valence-electron chi connectivity index (χ1n) is 6.09. The van der Waals surface area contributed by atoms with Crippen LogP contribution in [0.2, 0.25) is 0 Å². The molecule has 19 heavy (non-hydrogen) atoms. The summed E-state index contributed by atoms with van der Waals surface area (Å²) >= 11 is 0. The lowest BCUT2D eigenvalue weighted by molar-refractivity contribution is 0.302. The van der Waals surface area contributed by atoms with Gasteiger partial charge < -0.3 is 21.2 Å². The van der Waals surface area contributed by atoms with Crippen LogP contribution in [0.5, 0.6) is 0 Å². The number of nitrogens with two attached hydrogens (primary N) is 1. The number of hydrogen-bond donors (Lipinski definition) is 3. The average Bonchev–Trinajstić information content (AvgIpc) is 2.39. The maximum atomic E-state index is 14.1. The van der Waals surface area contributed by atoms with E-state index in [1.54, 1.807) is 12.1 Å². The number of amidine groups is 1. The van der Waals surface area contributed by atoms with Crippen LogP contribution < -0.4 is 11.1 Å². The van der Waals surface area contributed by atoms with Crippen molar-refractivity contribution < 1.29 is 9.60 Å². The van der Waals surface area contributed by atoms with Gasteiger partial charge in [0.2, 0.25) is 0 Å². The van der Waals surface area contributed by atoms with Crippen molar-refractivity contribution in [2.75, 3.05) is 20.6 Å². The lowest BCUT2D eigenvalue weighted by Gasteiger charge is -2.20. The van der Waals surface area contributed by atoms with Gasteiger partial charge in [-0.25, -0.2) is 4.39 Å². The van der Waals surface area contributed by atoms with E-state index in [-0.39, 0.29) is 11.4 Å². The Labute approximate surface area is 112 Å². The molecule has 0 aliphatic rings. The number of halogens is 1. The fourth-order valence-electron chi connectivity index (χ4n) is 1.57. The van der Waals surface area contributed by atoms with Crippen LogP contribution in [0.4, 0.5) is 4.39 Å². The van der Waals surface area contributed by atoms with Crippen LogP contribution in [0.1, 0.15) is 18.1 Å². The molecule has 0 spiro atoms. The summed E-state index contributed by atoms with van der Waals surface area (Å²) < 4.78 is 14.1. The molecule has 0 bridgehead atoms. The molecule has 1 unspecified atom stereocenters. The second-order valence-corrected chi connectivity index (χ2v) is 4.71. The third kappa shape index (κ3) is 4.18. The van der Waals surface area contributed by atoms with Crippen LogP contribution in [-0.2, 0) is 6.54 Å². The van der Waals surface area contributed by atoms with Crippen LogP contribution in [0.3, 0.4) is 0 Å². The first-order valence-corrected chi connectivity index (χ1v) is 6.09. The summed E-state index contributed by atoms with van der Waals surface area (Å²) in [6, 6.07) is 5.20. The van der Waals surface area contributed by atoms with Crippen molar-refractivity contribution in [1.82, 2.24) is 10.2 Å². The molecule has 0 aliphatic heterocycles. The molecule has 4 N–H and O–H groups in total. The van der Waals surface area contributed by atoms with Crippen LogP contribution in [0, 0.1) is 5.82 Å². The minimum Gasteiger partial charge on any atom is -0.409 e. The fraction of sp³-hybridized carbons (Fsp3) is 0.462. The van der Waals surface area contributed by atoms with Crippen molar-refractivity contribution in [3.05, 3.63) is 35.1 Å². The molecule has 0 radical (unpaired) electrons. The Bertz CT molecular complexity index is 448. The molecule has 0 heterocycles. The van der Waals surface area contributed by atoms with Crippen LogP contribution in [-0.4, -0.2) is 42.6 Å². The highest BCUT2D eigenvalue weighted by Gasteiger charge is 2.11. The third-order valence-electron chi connectivity index (χ3n) is 3.10. The van der Waals surface area contributed by atoms with E-state index in [1.807, 2.05) is 14.1 Å². The predicted octanol–water partition coefficient (Wildman–Crippen LogP) is 0.960. The van der Waals surface area contributed by atoms with E-state index in [9.17, 15) is 4.39 Å². The summed E-state index contributed by atoms with van der Waals surface area (Å²) in [5.41, 5.74) is 6.02. The van der Waals surface area contributed by atoms with Gasteiger partial charge in [-0.1, -0.05) is 17.3 Å². The number of oxime groups is 1. The maximum Gasteiger partial charge on any atom is 0.173 e. The van der Waals surface area contributed by atoms with Gasteiger partial charge in [0.1, 0.15) is 5.82 Å². The minimum atomic E-state index is -0.456. The first kappa shape index (κ1) is 15.4. The zero-order chi connectivity index (χ0) is 14.4. The molecule has 6 heteroatoms. The van der Waals surface area contributed by atoms with Crippen LogP contribution in [0.15, 0.2) is 23.4 Å². The summed E-state index contributed by atoms with van der Waals surface area (Å²) in [7, 11) is 3.98. The Morgan fingerprint density at radius 3 is 2.79 bits per heavy atom. The molecule has 0 saturated heterocycles. The van der Waals surface area contributed by atoms with E-state index in [1.165, 1.54) is 6.07 Å². The smallest absolute Gasteiger partial charge is 0.173 e. The molecular weight excluding hydrogens is 247 g/mol. The average molecular weight is 268 g/mol. The van der Waals surface area contributed by atoms with E-state index in [4.69, 9.17) is 10.9 Å². The lowest BCUT2D eigenvalue weighted by Crippen LogP contribution is -2.35. The zero-order valence-electron chi connectivity index (χ0n) is 11.5. The van der Waals surface area contributed by atoms with E-state index >= 15 is 0 Å². The summed E-state index contributed by atoms with van der Waals surface area (Å²) in [4.78, 5) is 2.08. The van der Waals surface area contributed by atoms with Crippen molar-refractivity contribution >= 4 is 5.84 Å². The summed E-state index contributed by atoms with van der Waals surface area (Å²) in [5, 5.41) is 14.6. The maximum absolute atomic E-state index is 14.1. The largest absolute Gasteiger partial charge is 0.409 e. The number of nitrogens with one attached hydrogen (secondary N) is 1. The Hall–Kier alpha value is -1.66. The van der Waals surface area contributed by atoms with E-state index in [2.05, 4.69) is 22.3 Å². The molecule has 0 amide bonds. The van der Waals surface area contributed by atoms with Crippen molar-refractivity contribution in [2.45, 2.75) is 19.5 Å². The highest BCUT2D eigenvalue weighted by Crippen LogP contribution is 2.12. The molecule has 1 aromatic rings. The molecule has 0 saturated carbocycles. The number of rotatable bonds is 6. The van der Waals surface area contributed by atoms with Gasteiger partial charge in [0.15, 0.2) is 5.84 Å². The SMILES string of the molecule is CC(CNCc1cccc(/C(N)=N/O)c1F)N(C)C. The molecule has 1 atom stereocenters. The topological polar surface area (TPSA) is 73.9 Å². The summed E-state index contributed by atoms with van der Waals surface area (Å²) in [6.45, 7) is 3.23. The van der Waals surface area contributed by atoms with Gasteiger partial charge in [-0.05, 0) is 27.1 Å². The van der Waals surface area contributed by atoms with E-state index in [0.29, 0.717) is 18.2 Å². The fourth-order valence-corrected chi connectivity index (χ4v) is 1.57. The Morgan fingerprint density at radius 2 is 2.21 bits per heavy atom. The molecule has 106 valence electrons. The van der Waals surface area contributed by atoms with Gasteiger partial charge in [0.25, 0.3) is 0 Å². The molecule has 1 rings (SSSR count). The standard InChI is InChI=1S/C13H21FN4O/c1-9(18(2)3)7-16-8-10-5-4-6-11(12(10)14)13(15)17-19/h4-6,9,16,19H,7-8H2,1-3H3,(H2,15,17). The monoisotopic (exact) mass is 268 g/mol. The van der Waals surface area contributed by atoms with Crippen LogP contribution >= 0.6 is 0 Å². The van der Waals surface area contributed by atoms with Gasteiger partial charge in [-0.3, -0.25) is 0 Å². The first-order chi connectivity index (χ1) is 8.97. The van der Waals surface area contributed by atoms with Crippen molar-refractivity contribution in [3.8, 4) is 0 Å².